The molecule has 0 N–H and O–H groups in total. The SMILES string of the molecule is c1ccc2c(c1)CC1(CCc3ccccc3[C@@H]1O[C@H]1c3ccccc3CCC13Cc1ccccc1C3)C2. The molecule has 2 atom stereocenters. The topological polar surface area (TPSA) is 9.23 Å². The molecule has 1 nitrogen and oxygen atoms in total. The van der Waals surface area contributed by atoms with Crippen molar-refractivity contribution < 1.29 is 4.74 Å². The predicted molar refractivity (Wildman–Crippen MR) is 149 cm³/mol. The van der Waals surface area contributed by atoms with Crippen LogP contribution in [0.1, 0.15) is 69.6 Å². The van der Waals surface area contributed by atoms with Gasteiger partial charge in [-0.25, -0.2) is 0 Å². The predicted octanol–water partition coefficient (Wildman–Crippen LogP) is 7.95. The highest BCUT2D eigenvalue weighted by Gasteiger charge is 2.53. The van der Waals surface area contributed by atoms with Crippen LogP contribution in [0.5, 0.6) is 0 Å². The first-order chi connectivity index (χ1) is 18.2. The maximum Gasteiger partial charge on any atom is 0.0898 e. The van der Waals surface area contributed by atoms with Crippen LogP contribution in [0.25, 0.3) is 0 Å². The van der Waals surface area contributed by atoms with E-state index in [0.29, 0.717) is 0 Å². The molecule has 0 unspecified atom stereocenters. The second kappa shape index (κ2) is 8.17. The summed E-state index contributed by atoms with van der Waals surface area (Å²) in [7, 11) is 0. The van der Waals surface area contributed by atoms with Crippen molar-refractivity contribution in [3.63, 3.8) is 0 Å². The Hall–Kier alpha value is -3.16. The van der Waals surface area contributed by atoms with E-state index in [4.69, 9.17) is 4.74 Å². The van der Waals surface area contributed by atoms with Gasteiger partial charge in [0.1, 0.15) is 0 Å². The fourth-order valence-electron chi connectivity index (χ4n) is 8.47. The molecule has 4 aliphatic carbocycles. The van der Waals surface area contributed by atoms with Crippen molar-refractivity contribution in [1.82, 2.24) is 0 Å². The Morgan fingerprint density at radius 3 is 1.14 bits per heavy atom. The zero-order valence-corrected chi connectivity index (χ0v) is 21.5. The van der Waals surface area contributed by atoms with Gasteiger partial charge in [0.05, 0.1) is 12.2 Å². The lowest BCUT2D eigenvalue weighted by Crippen LogP contribution is -2.42. The standard InChI is InChI=1S/C36H34O/c1-2-12-28-22-35(21-27(28)11-1)19-17-25-9-5-7-15-31(25)33(35)37-34-32-16-8-6-10-26(32)18-20-36(34)23-29-13-3-4-14-30(29)24-36/h1-16,33-34H,17-24H2/t33-,34-/m0/s1. The minimum absolute atomic E-state index is 0.113. The molecule has 4 aromatic rings. The van der Waals surface area contributed by atoms with Crippen LogP contribution in [-0.2, 0) is 43.3 Å². The van der Waals surface area contributed by atoms with Gasteiger partial charge in [-0.3, -0.25) is 0 Å². The van der Waals surface area contributed by atoms with Gasteiger partial charge in [-0.05, 0) is 95.9 Å². The zero-order valence-electron chi connectivity index (χ0n) is 21.5. The number of rotatable bonds is 2. The molecule has 184 valence electrons. The first-order valence-corrected chi connectivity index (χ1v) is 14.2. The summed E-state index contributed by atoms with van der Waals surface area (Å²) in [4.78, 5) is 0. The minimum atomic E-state index is 0.113. The smallest absolute Gasteiger partial charge is 0.0898 e. The van der Waals surface area contributed by atoms with Crippen molar-refractivity contribution in [3.05, 3.63) is 142 Å². The third kappa shape index (κ3) is 3.33. The van der Waals surface area contributed by atoms with Crippen LogP contribution < -0.4 is 0 Å². The number of benzene rings is 4. The average molecular weight is 483 g/mol. The highest BCUT2D eigenvalue weighted by molar-refractivity contribution is 5.44. The Morgan fingerprint density at radius 1 is 0.432 bits per heavy atom. The van der Waals surface area contributed by atoms with Crippen molar-refractivity contribution in [1.29, 1.82) is 0 Å². The maximum absolute atomic E-state index is 7.72. The molecule has 0 fully saturated rings. The van der Waals surface area contributed by atoms with E-state index >= 15 is 0 Å². The molecular formula is C36H34O. The molecule has 0 aromatic heterocycles. The summed E-state index contributed by atoms with van der Waals surface area (Å²) in [5, 5.41) is 0. The molecule has 0 saturated heterocycles. The molecule has 0 aliphatic heterocycles. The molecule has 4 aliphatic rings. The van der Waals surface area contributed by atoms with Crippen LogP contribution in [0.2, 0.25) is 0 Å². The number of fused-ring (bicyclic) bond motifs is 4. The van der Waals surface area contributed by atoms with Crippen molar-refractivity contribution in [2.75, 3.05) is 0 Å². The van der Waals surface area contributed by atoms with Gasteiger partial charge in [0.25, 0.3) is 0 Å². The number of ether oxygens (including phenoxy) is 1. The van der Waals surface area contributed by atoms with E-state index in [-0.39, 0.29) is 23.0 Å². The molecule has 0 heterocycles. The molecule has 0 amide bonds. The van der Waals surface area contributed by atoms with Gasteiger partial charge in [0, 0.05) is 10.8 Å². The number of hydrogen-bond acceptors (Lipinski definition) is 1. The van der Waals surface area contributed by atoms with Crippen LogP contribution in [0.15, 0.2) is 97.1 Å². The summed E-state index contributed by atoms with van der Waals surface area (Å²) >= 11 is 0. The van der Waals surface area contributed by atoms with Gasteiger partial charge < -0.3 is 4.74 Å². The van der Waals surface area contributed by atoms with E-state index in [1.165, 1.54) is 57.3 Å². The molecule has 0 saturated carbocycles. The van der Waals surface area contributed by atoms with Crippen molar-refractivity contribution in [2.24, 2.45) is 10.8 Å². The van der Waals surface area contributed by atoms with E-state index in [1.54, 1.807) is 0 Å². The molecule has 2 spiro atoms. The van der Waals surface area contributed by atoms with E-state index in [0.717, 1.165) is 38.5 Å². The van der Waals surface area contributed by atoms with Gasteiger partial charge in [-0.2, -0.15) is 0 Å². The normalized spacial score (nSPS) is 23.9. The molecule has 8 rings (SSSR count). The highest BCUT2D eigenvalue weighted by atomic mass is 16.5. The van der Waals surface area contributed by atoms with E-state index in [1.807, 2.05) is 0 Å². The highest BCUT2D eigenvalue weighted by Crippen LogP contribution is 2.60. The Kier molecular flexibility index (Phi) is 4.83. The lowest BCUT2D eigenvalue weighted by Gasteiger charge is -2.49. The van der Waals surface area contributed by atoms with Gasteiger partial charge in [-0.15, -0.1) is 0 Å². The largest absolute Gasteiger partial charge is 0.364 e. The molecule has 37 heavy (non-hydrogen) atoms. The van der Waals surface area contributed by atoms with E-state index < -0.39 is 0 Å². The lowest BCUT2D eigenvalue weighted by atomic mass is 9.65. The minimum Gasteiger partial charge on any atom is -0.364 e. The van der Waals surface area contributed by atoms with Crippen molar-refractivity contribution in [3.8, 4) is 0 Å². The van der Waals surface area contributed by atoms with Gasteiger partial charge in [0.2, 0.25) is 0 Å². The van der Waals surface area contributed by atoms with Gasteiger partial charge in [0.15, 0.2) is 0 Å². The summed E-state index contributed by atoms with van der Waals surface area (Å²) in [5.41, 5.74) is 12.2. The second-order valence-electron chi connectivity index (χ2n) is 12.3. The maximum atomic E-state index is 7.72. The third-order valence-corrected chi connectivity index (χ3v) is 10.3. The molecule has 1 heteroatoms. The zero-order chi connectivity index (χ0) is 24.5. The third-order valence-electron chi connectivity index (χ3n) is 10.3. The quantitative estimate of drug-likeness (QED) is 0.282. The molecule has 0 radical (unpaired) electrons. The first-order valence-electron chi connectivity index (χ1n) is 14.2. The van der Waals surface area contributed by atoms with Gasteiger partial charge >= 0.3 is 0 Å². The Bertz CT molecular complexity index is 1330. The van der Waals surface area contributed by atoms with Crippen molar-refractivity contribution in [2.45, 2.75) is 63.6 Å². The van der Waals surface area contributed by atoms with E-state index in [2.05, 4.69) is 97.1 Å². The second-order valence-corrected chi connectivity index (χ2v) is 12.3. The first kappa shape index (κ1) is 21.9. The number of aryl methyl sites for hydroxylation is 2. The molecule has 0 bridgehead atoms. The average Bonchev–Trinajstić information content (AvgIpc) is 3.50. The fraction of sp³-hybridized carbons (Fsp3) is 0.333. The van der Waals surface area contributed by atoms with Crippen LogP contribution >= 0.6 is 0 Å². The van der Waals surface area contributed by atoms with Crippen molar-refractivity contribution >= 4 is 0 Å². The summed E-state index contributed by atoms with van der Waals surface area (Å²) in [6, 6.07) is 36.6. The summed E-state index contributed by atoms with van der Waals surface area (Å²) in [5.74, 6) is 0. The van der Waals surface area contributed by atoms with Crippen LogP contribution in [-0.4, -0.2) is 0 Å². The fourth-order valence-corrected chi connectivity index (χ4v) is 8.47. The van der Waals surface area contributed by atoms with Crippen LogP contribution in [0.4, 0.5) is 0 Å². The Labute approximate surface area is 220 Å². The lowest BCUT2D eigenvalue weighted by molar-refractivity contribution is -0.145. The molecule has 4 aromatic carbocycles. The Morgan fingerprint density at radius 2 is 0.757 bits per heavy atom. The molecular weight excluding hydrogens is 448 g/mol. The van der Waals surface area contributed by atoms with Gasteiger partial charge in [-0.1, -0.05) is 97.1 Å². The Balaban J connectivity index is 1.26. The summed E-state index contributed by atoms with van der Waals surface area (Å²) in [6.45, 7) is 0. The summed E-state index contributed by atoms with van der Waals surface area (Å²) in [6.07, 6.45) is 9.45. The van der Waals surface area contributed by atoms with E-state index in [9.17, 15) is 0 Å². The van der Waals surface area contributed by atoms with Crippen LogP contribution in [0, 0.1) is 10.8 Å². The number of hydrogen-bond donors (Lipinski definition) is 0. The monoisotopic (exact) mass is 482 g/mol. The van der Waals surface area contributed by atoms with Crippen LogP contribution in [0.3, 0.4) is 0 Å². The summed E-state index contributed by atoms with van der Waals surface area (Å²) < 4.78 is 7.72.